The molecular formula is C38H27NO. The molecule has 2 nitrogen and oxygen atoms in total. The molecule has 6 aromatic carbocycles. The highest BCUT2D eigenvalue weighted by Gasteiger charge is 2.35. The van der Waals surface area contributed by atoms with E-state index in [1.165, 1.54) is 22.3 Å². The molecule has 7 aromatic rings. The third-order valence-corrected chi connectivity index (χ3v) is 8.54. The average Bonchev–Trinajstić information content (AvgIpc) is 3.23. The van der Waals surface area contributed by atoms with E-state index in [0.29, 0.717) is 0 Å². The van der Waals surface area contributed by atoms with Gasteiger partial charge in [0.25, 0.3) is 0 Å². The fraction of sp³-hybridized carbons (Fsp3) is 0.0789. The summed E-state index contributed by atoms with van der Waals surface area (Å²) in [5.41, 5.74) is 8.39. The number of hydrogen-bond acceptors (Lipinski definition) is 2. The van der Waals surface area contributed by atoms with E-state index in [1.54, 1.807) is 0 Å². The Balaban J connectivity index is 1.42. The van der Waals surface area contributed by atoms with E-state index in [9.17, 15) is 0 Å². The highest BCUT2D eigenvalue weighted by Crippen LogP contribution is 2.51. The quantitative estimate of drug-likeness (QED) is 0.173. The minimum Gasteiger partial charge on any atom is -0.456 e. The summed E-state index contributed by atoms with van der Waals surface area (Å²) in [5.74, 6) is 1.69. The van der Waals surface area contributed by atoms with Crippen molar-refractivity contribution in [3.05, 3.63) is 139 Å². The maximum Gasteiger partial charge on any atom is 0.145 e. The second kappa shape index (κ2) is 8.53. The summed E-state index contributed by atoms with van der Waals surface area (Å²) in [6, 6.07) is 42.9. The highest BCUT2D eigenvalue weighted by atomic mass is 16.5. The topological polar surface area (TPSA) is 22.1 Å². The van der Waals surface area contributed by atoms with Gasteiger partial charge >= 0.3 is 0 Å². The lowest BCUT2D eigenvalue weighted by Gasteiger charge is -2.22. The van der Waals surface area contributed by atoms with Crippen molar-refractivity contribution in [2.24, 2.45) is 0 Å². The maximum absolute atomic E-state index is 6.98. The predicted molar refractivity (Wildman–Crippen MR) is 166 cm³/mol. The monoisotopic (exact) mass is 513 g/mol. The summed E-state index contributed by atoms with van der Waals surface area (Å²) >= 11 is 0. The molecule has 1 aliphatic carbocycles. The molecule has 190 valence electrons. The zero-order chi connectivity index (χ0) is 26.8. The predicted octanol–water partition coefficient (Wildman–Crippen LogP) is 10.3. The molecule has 0 radical (unpaired) electrons. The molecule has 0 saturated carbocycles. The van der Waals surface area contributed by atoms with E-state index in [-0.39, 0.29) is 5.41 Å². The molecule has 0 atom stereocenters. The van der Waals surface area contributed by atoms with Crippen molar-refractivity contribution < 1.29 is 4.74 Å². The van der Waals surface area contributed by atoms with Gasteiger partial charge in [-0.3, -0.25) is 4.98 Å². The zero-order valence-electron chi connectivity index (χ0n) is 22.5. The molecule has 0 spiro atoms. The number of nitrogens with zero attached hydrogens (tertiary/aromatic N) is 1. The molecule has 1 heterocycles. The molecule has 0 amide bonds. The Hall–Kier alpha value is -4.95. The summed E-state index contributed by atoms with van der Waals surface area (Å²) in [6.45, 7) is 4.61. The summed E-state index contributed by atoms with van der Waals surface area (Å²) in [6.07, 6.45) is 1.98. The van der Waals surface area contributed by atoms with Crippen LogP contribution in [-0.4, -0.2) is 4.98 Å². The molecule has 8 rings (SSSR count). The molecule has 40 heavy (non-hydrogen) atoms. The zero-order valence-corrected chi connectivity index (χ0v) is 22.5. The first-order valence-electron chi connectivity index (χ1n) is 13.8. The van der Waals surface area contributed by atoms with Crippen LogP contribution in [0, 0.1) is 0 Å². The highest BCUT2D eigenvalue weighted by molar-refractivity contribution is 6.22. The van der Waals surface area contributed by atoms with Crippen molar-refractivity contribution in [2.45, 2.75) is 19.3 Å². The van der Waals surface area contributed by atoms with E-state index in [2.05, 4.69) is 135 Å². The smallest absolute Gasteiger partial charge is 0.145 e. The number of pyridine rings is 1. The van der Waals surface area contributed by atoms with Crippen LogP contribution in [0.1, 0.15) is 25.0 Å². The summed E-state index contributed by atoms with van der Waals surface area (Å²) in [7, 11) is 0. The molecule has 0 aliphatic heterocycles. The molecular weight excluding hydrogens is 486 g/mol. The lowest BCUT2D eigenvalue weighted by molar-refractivity contribution is 0.491. The van der Waals surface area contributed by atoms with Gasteiger partial charge in [0.15, 0.2) is 0 Å². The van der Waals surface area contributed by atoms with Crippen molar-refractivity contribution >= 4 is 32.4 Å². The standard InChI is InChI=1S/C38H27NO/c1-38(2)32-19-11-10-16-28(32)29-21-20-26(22-33(29)38)40-37-31-18-9-8-17-30(31)34(24-12-4-3-5-13-24)36-35(37)27-15-7-6-14-25(27)23-39-36/h3-23H,1-2H3. The molecule has 1 aromatic heterocycles. The minimum atomic E-state index is -0.0964. The fourth-order valence-corrected chi connectivity index (χ4v) is 6.61. The Kier molecular flexibility index (Phi) is 4.90. The first-order valence-corrected chi connectivity index (χ1v) is 13.8. The normalized spacial score (nSPS) is 13.4. The summed E-state index contributed by atoms with van der Waals surface area (Å²) in [5, 5.41) is 5.49. The van der Waals surface area contributed by atoms with Crippen LogP contribution in [0.15, 0.2) is 128 Å². The van der Waals surface area contributed by atoms with E-state index in [4.69, 9.17) is 9.72 Å². The van der Waals surface area contributed by atoms with Gasteiger partial charge in [-0.15, -0.1) is 0 Å². The Morgan fingerprint density at radius 3 is 2.12 bits per heavy atom. The van der Waals surface area contributed by atoms with Crippen LogP contribution in [0.5, 0.6) is 11.5 Å². The van der Waals surface area contributed by atoms with Crippen LogP contribution in [-0.2, 0) is 5.41 Å². The van der Waals surface area contributed by atoms with E-state index < -0.39 is 0 Å². The van der Waals surface area contributed by atoms with E-state index in [1.807, 2.05) is 6.20 Å². The Labute approximate surface area is 233 Å². The second-order valence-corrected chi connectivity index (χ2v) is 11.2. The van der Waals surface area contributed by atoms with Crippen LogP contribution in [0.25, 0.3) is 54.7 Å². The van der Waals surface area contributed by atoms with Crippen LogP contribution in [0.2, 0.25) is 0 Å². The number of fused-ring (bicyclic) bond motifs is 7. The first kappa shape index (κ1) is 23.0. The van der Waals surface area contributed by atoms with Gasteiger partial charge in [-0.1, -0.05) is 123 Å². The van der Waals surface area contributed by atoms with Crippen molar-refractivity contribution in [2.75, 3.05) is 0 Å². The molecule has 2 heteroatoms. The lowest BCUT2D eigenvalue weighted by atomic mass is 9.82. The van der Waals surface area contributed by atoms with Gasteiger partial charge in [-0.2, -0.15) is 0 Å². The summed E-state index contributed by atoms with van der Waals surface area (Å²) in [4.78, 5) is 5.07. The number of aromatic nitrogens is 1. The van der Waals surface area contributed by atoms with Gasteiger partial charge in [0.2, 0.25) is 0 Å². The van der Waals surface area contributed by atoms with Gasteiger partial charge in [0.1, 0.15) is 11.5 Å². The van der Waals surface area contributed by atoms with Crippen molar-refractivity contribution in [3.8, 4) is 33.8 Å². The molecule has 0 unspecified atom stereocenters. The number of ether oxygens (including phenoxy) is 1. The van der Waals surface area contributed by atoms with E-state index in [0.717, 1.165) is 55.1 Å². The van der Waals surface area contributed by atoms with Crippen molar-refractivity contribution in [1.82, 2.24) is 4.98 Å². The largest absolute Gasteiger partial charge is 0.456 e. The number of rotatable bonds is 3. The van der Waals surface area contributed by atoms with Crippen LogP contribution in [0.3, 0.4) is 0 Å². The third kappa shape index (κ3) is 3.26. The van der Waals surface area contributed by atoms with Gasteiger partial charge in [0.05, 0.1) is 10.9 Å². The Bertz CT molecular complexity index is 2110. The van der Waals surface area contributed by atoms with Crippen molar-refractivity contribution in [1.29, 1.82) is 0 Å². The van der Waals surface area contributed by atoms with Gasteiger partial charge in [0, 0.05) is 27.9 Å². The second-order valence-electron chi connectivity index (χ2n) is 11.2. The molecule has 0 fully saturated rings. The third-order valence-electron chi connectivity index (χ3n) is 8.54. The summed E-state index contributed by atoms with van der Waals surface area (Å²) < 4.78 is 6.98. The SMILES string of the molecule is CC1(C)c2ccccc2-c2ccc(Oc3c4ccccc4c(-c4ccccc4)c4ncc5ccccc5c34)cc21. The van der Waals surface area contributed by atoms with Crippen LogP contribution in [0.4, 0.5) is 0 Å². The van der Waals surface area contributed by atoms with E-state index >= 15 is 0 Å². The van der Waals surface area contributed by atoms with Gasteiger partial charge in [-0.05, 0) is 50.7 Å². The number of hydrogen-bond donors (Lipinski definition) is 0. The average molecular weight is 514 g/mol. The Morgan fingerprint density at radius 2 is 1.27 bits per heavy atom. The molecule has 0 bridgehead atoms. The molecule has 1 aliphatic rings. The van der Waals surface area contributed by atoms with Crippen LogP contribution >= 0.6 is 0 Å². The Morgan fingerprint density at radius 1 is 0.600 bits per heavy atom. The lowest BCUT2D eigenvalue weighted by Crippen LogP contribution is -2.14. The maximum atomic E-state index is 6.98. The molecule has 0 saturated heterocycles. The van der Waals surface area contributed by atoms with Crippen molar-refractivity contribution in [3.63, 3.8) is 0 Å². The van der Waals surface area contributed by atoms with Crippen LogP contribution < -0.4 is 4.74 Å². The van der Waals surface area contributed by atoms with Gasteiger partial charge in [-0.25, -0.2) is 0 Å². The molecule has 0 N–H and O–H groups in total. The minimum absolute atomic E-state index is 0.0964. The number of benzene rings is 6. The fourth-order valence-electron chi connectivity index (χ4n) is 6.61. The first-order chi connectivity index (χ1) is 19.6. The van der Waals surface area contributed by atoms with Gasteiger partial charge < -0.3 is 4.74 Å².